The lowest BCUT2D eigenvalue weighted by Crippen LogP contribution is -2.64. The Bertz CT molecular complexity index is 3290. The Morgan fingerprint density at radius 1 is 0.610 bits per heavy atom. The van der Waals surface area contributed by atoms with Crippen molar-refractivity contribution in [1.82, 2.24) is 60.0 Å². The average Bonchev–Trinajstić information content (AvgIpc) is 1.46. The molecule has 1 unspecified atom stereocenters. The fourth-order valence-electron chi connectivity index (χ4n) is 13.7. The minimum atomic E-state index is -5.02. The van der Waals surface area contributed by atoms with Crippen molar-refractivity contribution in [1.29, 1.82) is 0 Å². The topological polar surface area (TPSA) is 270 Å². The standard InChI is InChI=1S/C71H103ClF4N12O12/c1-14-45(6)61-68(99)82(9)41-59(91)80(7)42-60(92)84(11)55(38-47-22-26-48(72)27-23-47)65(96)81(8)40-57(89)77-51(29-25-46-24-28-49(50(73)37-46)71(74,75)76)64(95)88-34-20-21-52(88)63(94)79-70(30-16-17-31-70)69(100)86(13)54(36-44(4)5)66(97)85(12)56(67(98)87-32-18-15-19-33-87)39-58(90)83(10)53(35-43(2)3)62(93)78-61/h22-24,26-28,37,43-45,51-56,61H,14-21,25,29-36,38-42H2,1-13H3,(H,77,89)(H,78,93)(H,79,94)/t45-,51-,52?,53-,54-,55-,56-,61-/m0/s1. The van der Waals surface area contributed by atoms with Gasteiger partial charge in [0, 0.05) is 80.4 Å². The molecule has 6 rings (SSSR count). The van der Waals surface area contributed by atoms with Crippen molar-refractivity contribution in [3.63, 3.8) is 0 Å². The Kier molecular flexibility index (Phi) is 28.9. The van der Waals surface area contributed by atoms with E-state index in [0.29, 0.717) is 67.9 Å². The second kappa shape index (κ2) is 35.6. The first kappa shape index (κ1) is 81.1. The number of aryl methyl sites for hydroxylation is 1. The summed E-state index contributed by atoms with van der Waals surface area (Å²) >= 11 is 6.22. The lowest BCUT2D eigenvalue weighted by molar-refractivity contribution is -0.155. The quantitative estimate of drug-likeness (QED) is 0.229. The third kappa shape index (κ3) is 20.6. The Labute approximate surface area is 589 Å². The highest BCUT2D eigenvalue weighted by molar-refractivity contribution is 6.30. The zero-order chi connectivity index (χ0) is 74.4. The van der Waals surface area contributed by atoms with Gasteiger partial charge in [-0.2, -0.15) is 13.2 Å². The average molecular weight is 1430 g/mol. The predicted molar refractivity (Wildman–Crippen MR) is 365 cm³/mol. The maximum atomic E-state index is 15.5. The highest BCUT2D eigenvalue weighted by atomic mass is 35.5. The summed E-state index contributed by atoms with van der Waals surface area (Å²) in [6.07, 6.45) is -2.06. The van der Waals surface area contributed by atoms with Crippen LogP contribution in [-0.4, -0.2) is 251 Å². The molecule has 12 amide bonds. The zero-order valence-electron chi connectivity index (χ0n) is 60.2. The molecule has 2 aromatic rings. The molecule has 0 aromatic heterocycles. The number of carbonyl (C=O) groups is 12. The first-order chi connectivity index (χ1) is 46.9. The molecule has 24 nitrogen and oxygen atoms in total. The first-order valence-corrected chi connectivity index (χ1v) is 35.2. The number of likely N-dealkylation sites (N-methyl/N-ethyl adjacent to an activating group) is 7. The largest absolute Gasteiger partial charge is 0.419 e. The van der Waals surface area contributed by atoms with Crippen molar-refractivity contribution in [3.05, 3.63) is 70.0 Å². The number of nitrogens with one attached hydrogen (secondary N) is 3. The zero-order valence-corrected chi connectivity index (χ0v) is 60.9. The van der Waals surface area contributed by atoms with E-state index in [1.54, 1.807) is 36.1 Å². The second-order valence-electron chi connectivity index (χ2n) is 28.6. The van der Waals surface area contributed by atoms with Crippen LogP contribution in [0.2, 0.25) is 5.02 Å². The Hall–Kier alpha value is -7.91. The maximum Gasteiger partial charge on any atom is 0.419 e. The number of alkyl halides is 3. The lowest BCUT2D eigenvalue weighted by atomic mass is 9.92. The molecule has 4 aliphatic rings. The molecule has 3 saturated heterocycles. The van der Waals surface area contributed by atoms with Gasteiger partial charge in [0.25, 0.3) is 0 Å². The van der Waals surface area contributed by atoms with E-state index in [4.69, 9.17) is 11.6 Å². The van der Waals surface area contributed by atoms with Crippen LogP contribution in [0.5, 0.6) is 0 Å². The molecule has 0 bridgehead atoms. The predicted octanol–water partition coefficient (Wildman–Crippen LogP) is 5.30. The molecule has 100 heavy (non-hydrogen) atoms. The number of halogens is 5. The number of piperidine rings is 1. The summed E-state index contributed by atoms with van der Waals surface area (Å²) in [5, 5.41) is 8.90. The number of hydrogen-bond donors (Lipinski definition) is 3. The van der Waals surface area contributed by atoms with Gasteiger partial charge in [0.2, 0.25) is 70.9 Å². The fourth-order valence-corrected chi connectivity index (χ4v) is 13.8. The van der Waals surface area contributed by atoms with Crippen LogP contribution in [0, 0.1) is 23.6 Å². The molecular weight excluding hydrogens is 1320 g/mol. The van der Waals surface area contributed by atoms with Crippen molar-refractivity contribution >= 4 is 82.5 Å². The van der Waals surface area contributed by atoms with Gasteiger partial charge >= 0.3 is 6.18 Å². The number of carbonyl (C=O) groups excluding carboxylic acids is 12. The van der Waals surface area contributed by atoms with Crippen LogP contribution >= 0.6 is 11.6 Å². The van der Waals surface area contributed by atoms with E-state index in [0.717, 1.165) is 32.1 Å². The highest BCUT2D eigenvalue weighted by Gasteiger charge is 2.50. The van der Waals surface area contributed by atoms with Gasteiger partial charge in [0.1, 0.15) is 53.6 Å². The number of likely N-dealkylation sites (tertiary alicyclic amines) is 1. The Morgan fingerprint density at radius 3 is 1.78 bits per heavy atom. The molecule has 3 heterocycles. The molecule has 8 atom stereocenters. The van der Waals surface area contributed by atoms with Crippen LogP contribution in [-0.2, 0) is 76.6 Å². The normalized spacial score (nSPS) is 24.7. The van der Waals surface area contributed by atoms with Gasteiger partial charge in [-0.25, -0.2) is 4.39 Å². The summed E-state index contributed by atoms with van der Waals surface area (Å²) in [6, 6.07) is -0.638. The number of rotatable bonds is 12. The number of amides is 12. The molecule has 1 spiro atoms. The molecule has 29 heteroatoms. The summed E-state index contributed by atoms with van der Waals surface area (Å²) < 4.78 is 56.1. The molecule has 3 aliphatic heterocycles. The van der Waals surface area contributed by atoms with E-state index in [-0.39, 0.29) is 81.7 Å². The Morgan fingerprint density at radius 2 is 1.19 bits per heavy atom. The van der Waals surface area contributed by atoms with Crippen molar-refractivity contribution in [2.75, 3.05) is 88.6 Å². The fraction of sp³-hybridized carbons (Fsp3) is 0.662. The number of benzene rings is 2. The molecule has 0 radical (unpaired) electrons. The molecule has 554 valence electrons. The van der Waals surface area contributed by atoms with Crippen molar-refractivity contribution in [2.24, 2.45) is 17.8 Å². The Balaban J connectivity index is 1.44. The highest BCUT2D eigenvalue weighted by Crippen LogP contribution is 2.35. The van der Waals surface area contributed by atoms with Crippen LogP contribution < -0.4 is 16.0 Å². The van der Waals surface area contributed by atoms with E-state index in [9.17, 15) is 51.5 Å². The van der Waals surface area contributed by atoms with Crippen LogP contribution in [0.1, 0.15) is 148 Å². The van der Waals surface area contributed by atoms with Crippen LogP contribution in [0.15, 0.2) is 42.5 Å². The van der Waals surface area contributed by atoms with Crippen LogP contribution in [0.4, 0.5) is 17.6 Å². The SMILES string of the molecule is CC[C@H](C)[C@@H]1NC(=O)[C@H](CC(C)C)N(C)C(=O)C[C@@H](C(=O)N2CCCCC2)N(C)C(=O)[C@H](CC(C)C)N(C)C(=O)C2(CCCC2)NC(=O)C2CCCN2C(=O)[C@H](CCc2ccc(C(F)(F)F)c(F)c2)NC(=O)CN(C)C(=O)[C@H](Cc2ccc(Cl)cc2)N(C)C(=O)CN(C)C(=O)CN(C)C1=O. The summed E-state index contributed by atoms with van der Waals surface area (Å²) in [4.78, 5) is 189. The van der Waals surface area contributed by atoms with E-state index < -0.39 is 168 Å². The summed E-state index contributed by atoms with van der Waals surface area (Å²) in [5.74, 6) is -11.1. The minimum absolute atomic E-state index is 0.0307. The van der Waals surface area contributed by atoms with E-state index in [1.807, 2.05) is 34.6 Å². The number of nitrogens with zero attached hydrogens (tertiary/aromatic N) is 9. The first-order valence-electron chi connectivity index (χ1n) is 34.8. The van der Waals surface area contributed by atoms with Crippen molar-refractivity contribution in [3.8, 4) is 0 Å². The second-order valence-corrected chi connectivity index (χ2v) is 29.0. The van der Waals surface area contributed by atoms with Gasteiger partial charge in [-0.15, -0.1) is 0 Å². The van der Waals surface area contributed by atoms with Crippen LogP contribution in [0.3, 0.4) is 0 Å². The molecule has 4 fully saturated rings. The molecule has 2 aromatic carbocycles. The molecule has 3 N–H and O–H groups in total. The van der Waals surface area contributed by atoms with Gasteiger partial charge in [-0.1, -0.05) is 90.6 Å². The minimum Gasteiger partial charge on any atom is -0.343 e. The molecule has 1 aliphatic carbocycles. The van der Waals surface area contributed by atoms with Gasteiger partial charge < -0.3 is 60.0 Å². The third-order valence-electron chi connectivity index (χ3n) is 20.1. The lowest BCUT2D eigenvalue weighted by Gasteiger charge is -2.41. The van der Waals surface area contributed by atoms with Crippen molar-refractivity contribution in [2.45, 2.75) is 198 Å². The monoisotopic (exact) mass is 1430 g/mol. The maximum absolute atomic E-state index is 15.5. The summed E-state index contributed by atoms with van der Waals surface area (Å²) in [6.45, 7) is 9.66. The van der Waals surface area contributed by atoms with Crippen molar-refractivity contribution < 1.29 is 75.1 Å². The third-order valence-corrected chi connectivity index (χ3v) is 20.3. The number of fused-ring (bicyclic) bond motifs is 1. The smallest absolute Gasteiger partial charge is 0.343 e. The molecular formula is C71H103ClF4N12O12. The summed E-state index contributed by atoms with van der Waals surface area (Å²) in [7, 11) is 9.53. The van der Waals surface area contributed by atoms with E-state index in [1.165, 1.54) is 68.9 Å². The van der Waals surface area contributed by atoms with Crippen LogP contribution in [0.25, 0.3) is 0 Å². The molecule has 1 saturated carbocycles. The number of hydrogen-bond acceptors (Lipinski definition) is 12. The van der Waals surface area contributed by atoms with E-state index >= 15 is 23.6 Å². The van der Waals surface area contributed by atoms with Gasteiger partial charge in [-0.3, -0.25) is 57.5 Å². The van der Waals surface area contributed by atoms with E-state index in [2.05, 4.69) is 16.0 Å². The summed E-state index contributed by atoms with van der Waals surface area (Å²) in [5.41, 5.74) is -2.58. The van der Waals surface area contributed by atoms with Gasteiger partial charge in [-0.05, 0) is 124 Å². The van der Waals surface area contributed by atoms with Gasteiger partial charge in [0.15, 0.2) is 0 Å². The van der Waals surface area contributed by atoms with Gasteiger partial charge in [0.05, 0.1) is 31.6 Å².